The minimum Gasteiger partial charge on any atom is -0.461 e. The van der Waals surface area contributed by atoms with Gasteiger partial charge in [0.1, 0.15) is 24.8 Å². The first-order valence-electron chi connectivity index (χ1n) is 26.5. The quantitative estimate of drug-likeness (QED) is 0.0237. The van der Waals surface area contributed by atoms with Crippen LogP contribution in [0.2, 0.25) is 0 Å². The van der Waals surface area contributed by atoms with Crippen LogP contribution in [0.5, 0.6) is 0 Å². The molecule has 2 aromatic carbocycles. The number of amides is 3. The molecular weight excluding hydrogens is 931 g/mol. The molecule has 0 aliphatic heterocycles. The third-order valence-electron chi connectivity index (χ3n) is 12.6. The van der Waals surface area contributed by atoms with Gasteiger partial charge in [-0.1, -0.05) is 80.4 Å². The summed E-state index contributed by atoms with van der Waals surface area (Å²) >= 11 is 0. The Morgan fingerprint density at radius 3 is 1.82 bits per heavy atom. The summed E-state index contributed by atoms with van der Waals surface area (Å²) in [6.45, 7) is 7.70. The molecule has 3 amide bonds. The first-order valence-corrected chi connectivity index (χ1v) is 26.5. The lowest BCUT2D eigenvalue weighted by atomic mass is 9.98. The van der Waals surface area contributed by atoms with E-state index in [-0.39, 0.29) is 54.9 Å². The van der Waals surface area contributed by atoms with Crippen molar-refractivity contribution >= 4 is 41.3 Å². The second-order valence-corrected chi connectivity index (χ2v) is 18.3. The third kappa shape index (κ3) is 24.5. The van der Waals surface area contributed by atoms with Crippen molar-refractivity contribution in [3.8, 4) is 11.1 Å². The van der Waals surface area contributed by atoms with Crippen molar-refractivity contribution < 1.29 is 52.5 Å². The fourth-order valence-corrected chi connectivity index (χ4v) is 8.49. The van der Waals surface area contributed by atoms with Crippen molar-refractivity contribution in [3.05, 3.63) is 96.2 Å². The fraction of sp³-hybridized carbons (Fsp3) is 0.561. The molecule has 1 aromatic heterocycles. The minimum absolute atomic E-state index is 0.0215. The van der Waals surface area contributed by atoms with Gasteiger partial charge < -0.3 is 45.0 Å². The summed E-state index contributed by atoms with van der Waals surface area (Å²) in [6, 6.07) is 19.0. The highest BCUT2D eigenvalue weighted by Gasteiger charge is 2.30. The number of unbranched alkanes of at least 4 members (excludes halogenated alkanes) is 8. The maximum atomic E-state index is 13.5. The van der Waals surface area contributed by atoms with E-state index in [4.69, 9.17) is 23.7 Å². The lowest BCUT2D eigenvalue weighted by molar-refractivity contribution is -0.142. The van der Waals surface area contributed by atoms with Crippen molar-refractivity contribution in [1.82, 2.24) is 20.9 Å². The van der Waals surface area contributed by atoms with E-state index in [1.807, 2.05) is 24.3 Å². The van der Waals surface area contributed by atoms with Gasteiger partial charge in [0.2, 0.25) is 5.91 Å². The second kappa shape index (κ2) is 36.9. The summed E-state index contributed by atoms with van der Waals surface area (Å²) in [7, 11) is 1.77. The summed E-state index contributed by atoms with van der Waals surface area (Å²) < 4.78 is 27.6. The van der Waals surface area contributed by atoms with E-state index >= 15 is 0 Å². The van der Waals surface area contributed by atoms with Crippen LogP contribution >= 0.6 is 0 Å². The van der Waals surface area contributed by atoms with Gasteiger partial charge in [-0.2, -0.15) is 0 Å². The Labute approximate surface area is 432 Å². The molecule has 3 aromatic rings. The van der Waals surface area contributed by atoms with E-state index in [2.05, 4.69) is 57.1 Å². The van der Waals surface area contributed by atoms with Gasteiger partial charge in [0.25, 0.3) is 5.91 Å². The largest absolute Gasteiger partial charge is 0.461 e. The Morgan fingerprint density at radius 2 is 1.19 bits per heavy atom. The number of fused-ring (bicyclic) bond motifs is 3. The number of esters is 1. The molecule has 0 radical (unpaired) electrons. The van der Waals surface area contributed by atoms with Gasteiger partial charge in [0, 0.05) is 77.6 Å². The van der Waals surface area contributed by atoms with E-state index in [1.165, 1.54) is 0 Å². The Morgan fingerprint density at radius 1 is 0.616 bits per heavy atom. The number of alkyl carbamates (subject to hydrolysis) is 1. The first-order chi connectivity index (χ1) is 35.7. The zero-order chi connectivity index (χ0) is 52.1. The molecule has 0 saturated carbocycles. The van der Waals surface area contributed by atoms with E-state index < -0.39 is 12.1 Å². The van der Waals surface area contributed by atoms with E-state index in [9.17, 15) is 28.8 Å². The zero-order valence-corrected chi connectivity index (χ0v) is 43.2. The summed E-state index contributed by atoms with van der Waals surface area (Å²) in [5, 5.41) is 11.7. The number of pyridine rings is 1. The maximum Gasteiger partial charge on any atom is 0.407 e. The van der Waals surface area contributed by atoms with Crippen molar-refractivity contribution in [2.24, 2.45) is 0 Å². The molecule has 4 rings (SSSR count). The molecule has 0 saturated heterocycles. The van der Waals surface area contributed by atoms with Crippen LogP contribution in [0.25, 0.3) is 11.1 Å². The molecule has 0 fully saturated rings. The highest BCUT2D eigenvalue weighted by molar-refractivity contribution is 5.94. The fourth-order valence-electron chi connectivity index (χ4n) is 8.49. The van der Waals surface area contributed by atoms with Crippen LogP contribution in [0.3, 0.4) is 0 Å². The Hall–Kier alpha value is -5.97. The summed E-state index contributed by atoms with van der Waals surface area (Å²) in [5.74, 6) is 0.374. The molecule has 4 N–H and O–H groups in total. The summed E-state index contributed by atoms with van der Waals surface area (Å²) in [4.78, 5) is 79.7. The number of hydrogen-bond acceptors (Lipinski definition) is 13. The lowest BCUT2D eigenvalue weighted by Gasteiger charge is -2.19. The number of ether oxygens (including phenoxy) is 5. The van der Waals surface area contributed by atoms with Crippen LogP contribution in [0.15, 0.2) is 79.5 Å². The summed E-state index contributed by atoms with van der Waals surface area (Å²) in [5.41, 5.74) is 5.00. The number of rotatable bonds is 42. The smallest absolute Gasteiger partial charge is 0.407 e. The Balaban J connectivity index is 1.05. The SMILES string of the molecule is C=CCOC(=O)CCCCOCCOCCOCCCCC(=O)[C@H](CCCCNC(=O)CCCCCCC(=O)CCCCCNC(=O)c1ccc(NC)nc1)NC(=O)OCC1c2ccccc2-c2ccccc21. The van der Waals surface area contributed by atoms with Crippen molar-refractivity contribution in [2.75, 3.05) is 78.3 Å². The van der Waals surface area contributed by atoms with Gasteiger partial charge in [-0.25, -0.2) is 9.78 Å². The van der Waals surface area contributed by atoms with Gasteiger partial charge in [0.15, 0.2) is 5.78 Å². The van der Waals surface area contributed by atoms with Gasteiger partial charge in [0.05, 0.1) is 38.0 Å². The number of carbonyl (C=O) groups is 6. The molecule has 0 unspecified atom stereocenters. The van der Waals surface area contributed by atoms with Crippen molar-refractivity contribution in [3.63, 3.8) is 0 Å². The van der Waals surface area contributed by atoms with Crippen LogP contribution in [0.4, 0.5) is 10.6 Å². The van der Waals surface area contributed by atoms with E-state index in [0.717, 1.165) is 73.6 Å². The standard InChI is InChI=1S/C57H81N5O11/c1-3-35-72-55(66)30-16-20-37-70-39-41-71-40-38-69-36-19-15-28-52(64)51(62-57(68)73-43-50-48-25-12-10-23-46(48)47-24-11-13-26-49(47)50)27-14-18-33-59-54(65)29-9-5-4-7-21-45(63)22-8-6-17-34-60-56(67)44-31-32-53(58-2)61-42-44/h3,10-13,23-26,31-32,42,50-51H,1,4-9,14-22,27-30,33-41,43H2,2H3,(H,58,61)(H,59,65)(H,60,67)(H,62,68)/t51-/m0/s1. The number of nitrogens with zero attached hydrogens (tertiary/aromatic N) is 1. The van der Waals surface area contributed by atoms with E-state index in [1.54, 1.807) is 31.5 Å². The summed E-state index contributed by atoms with van der Waals surface area (Å²) in [6.07, 6.45) is 14.8. The normalized spacial score (nSPS) is 12.0. The number of anilines is 1. The molecule has 1 atom stereocenters. The van der Waals surface area contributed by atoms with Gasteiger partial charge in [-0.05, 0) is 105 Å². The minimum atomic E-state index is -0.723. The third-order valence-corrected chi connectivity index (χ3v) is 12.6. The molecule has 400 valence electrons. The van der Waals surface area contributed by atoms with Crippen LogP contribution < -0.4 is 21.3 Å². The predicted octanol–water partition coefficient (Wildman–Crippen LogP) is 9.21. The predicted molar refractivity (Wildman–Crippen MR) is 282 cm³/mol. The molecule has 73 heavy (non-hydrogen) atoms. The average molecular weight is 1010 g/mol. The highest BCUT2D eigenvalue weighted by Crippen LogP contribution is 2.44. The van der Waals surface area contributed by atoms with Crippen LogP contribution in [-0.2, 0) is 42.9 Å². The van der Waals surface area contributed by atoms with E-state index in [0.29, 0.717) is 128 Å². The zero-order valence-electron chi connectivity index (χ0n) is 43.2. The van der Waals surface area contributed by atoms with Gasteiger partial charge in [-0.3, -0.25) is 24.0 Å². The number of aromatic nitrogens is 1. The number of nitrogens with one attached hydrogen (secondary N) is 4. The first kappa shape index (κ1) is 59.6. The number of ketones is 2. The Kier molecular flexibility index (Phi) is 30.1. The highest BCUT2D eigenvalue weighted by atomic mass is 16.6. The number of carbonyl (C=O) groups excluding carboxylic acids is 6. The number of benzene rings is 2. The number of hydrogen-bond donors (Lipinski definition) is 4. The van der Waals surface area contributed by atoms with Crippen molar-refractivity contribution in [1.29, 1.82) is 0 Å². The Bertz CT molecular complexity index is 2070. The molecule has 0 bridgehead atoms. The van der Waals surface area contributed by atoms with Crippen LogP contribution in [0.1, 0.15) is 149 Å². The maximum absolute atomic E-state index is 13.5. The molecule has 16 nitrogen and oxygen atoms in total. The lowest BCUT2D eigenvalue weighted by Crippen LogP contribution is -2.41. The van der Waals surface area contributed by atoms with Crippen molar-refractivity contribution in [2.45, 2.75) is 134 Å². The molecule has 16 heteroatoms. The topological polar surface area (TPSA) is 210 Å². The second-order valence-electron chi connectivity index (χ2n) is 18.3. The average Bonchev–Trinajstić information content (AvgIpc) is 3.73. The molecule has 1 heterocycles. The molecular formula is C57H81N5O11. The van der Waals surface area contributed by atoms with Crippen LogP contribution in [-0.4, -0.2) is 119 Å². The monoisotopic (exact) mass is 1010 g/mol. The molecule has 0 spiro atoms. The van der Waals surface area contributed by atoms with Gasteiger partial charge >= 0.3 is 12.1 Å². The molecule has 1 aliphatic carbocycles. The van der Waals surface area contributed by atoms with Crippen LogP contribution in [0, 0.1) is 0 Å². The number of Topliss-reactive ketones (excluding diaryl/α,β-unsaturated/α-hetero) is 2. The molecule has 1 aliphatic rings. The van der Waals surface area contributed by atoms with Gasteiger partial charge in [-0.15, -0.1) is 0 Å².